The van der Waals surface area contributed by atoms with Gasteiger partial charge in [-0.05, 0) is 37.5 Å². The minimum Gasteiger partial charge on any atom is -0.507 e. The number of hydrogen-bond donors (Lipinski definition) is 2. The molecule has 1 unspecified atom stereocenters. The van der Waals surface area contributed by atoms with Gasteiger partial charge in [-0.15, -0.1) is 0 Å². The number of aromatic hydroxyl groups is 1. The number of hydrogen-bond acceptors (Lipinski definition) is 3. The zero-order valence-electron chi connectivity index (χ0n) is 11.7. The molecule has 5 nitrogen and oxygen atoms in total. The normalized spacial score (nSPS) is 22.0. The van der Waals surface area contributed by atoms with E-state index in [1.807, 2.05) is 6.92 Å². The maximum Gasteiger partial charge on any atom is 0.311 e. The first-order valence-electron chi connectivity index (χ1n) is 6.72. The molecule has 0 aromatic heterocycles. The summed E-state index contributed by atoms with van der Waals surface area (Å²) in [5.74, 6) is -1.25. The largest absolute Gasteiger partial charge is 0.507 e. The second-order valence-electron chi connectivity index (χ2n) is 5.55. The van der Waals surface area contributed by atoms with Crippen molar-refractivity contribution in [2.45, 2.75) is 26.7 Å². The minimum absolute atomic E-state index is 0.0591. The van der Waals surface area contributed by atoms with Gasteiger partial charge in [0.05, 0.1) is 11.0 Å². The molecule has 1 amide bonds. The standard InChI is InChI=1S/C15H19NO4/c1-3-10-4-5-12(17)11(8-10)13(18)16-7-6-15(2,9-16)14(19)20/h4-5,8,17H,3,6-7,9H2,1-2H3,(H,19,20). The SMILES string of the molecule is CCc1ccc(O)c(C(=O)N2CCC(C)(C(=O)O)C2)c1. The van der Waals surface area contributed by atoms with E-state index in [1.54, 1.807) is 19.1 Å². The number of benzene rings is 1. The first-order chi connectivity index (χ1) is 9.37. The molecule has 0 aliphatic carbocycles. The zero-order chi connectivity index (χ0) is 14.9. The molecule has 1 fully saturated rings. The van der Waals surface area contributed by atoms with Crippen LogP contribution in [0.4, 0.5) is 0 Å². The van der Waals surface area contributed by atoms with Gasteiger partial charge in [0.25, 0.3) is 5.91 Å². The second-order valence-corrected chi connectivity index (χ2v) is 5.55. The number of nitrogens with zero attached hydrogens (tertiary/aromatic N) is 1. The number of aryl methyl sites for hydroxylation is 1. The van der Waals surface area contributed by atoms with Crippen molar-refractivity contribution >= 4 is 11.9 Å². The van der Waals surface area contributed by atoms with Crippen LogP contribution in [0.1, 0.15) is 36.2 Å². The fraction of sp³-hybridized carbons (Fsp3) is 0.467. The van der Waals surface area contributed by atoms with Gasteiger partial charge in [0.2, 0.25) is 0 Å². The van der Waals surface area contributed by atoms with Gasteiger partial charge in [0.15, 0.2) is 0 Å². The Morgan fingerprint density at radius 3 is 2.65 bits per heavy atom. The number of carboxylic acid groups (broad SMARTS) is 1. The van der Waals surface area contributed by atoms with Crippen LogP contribution in [0.25, 0.3) is 0 Å². The molecule has 20 heavy (non-hydrogen) atoms. The highest BCUT2D eigenvalue weighted by Crippen LogP contribution is 2.32. The Morgan fingerprint density at radius 1 is 1.40 bits per heavy atom. The summed E-state index contributed by atoms with van der Waals surface area (Å²) in [4.78, 5) is 25.1. The Kier molecular flexibility index (Phi) is 3.70. The third-order valence-electron chi connectivity index (χ3n) is 3.98. The number of carbonyl (C=O) groups is 2. The highest BCUT2D eigenvalue weighted by Gasteiger charge is 2.42. The van der Waals surface area contributed by atoms with Crippen molar-refractivity contribution < 1.29 is 19.8 Å². The van der Waals surface area contributed by atoms with E-state index in [0.29, 0.717) is 13.0 Å². The third kappa shape index (κ3) is 2.48. The molecule has 2 rings (SSSR count). The molecule has 0 radical (unpaired) electrons. The molecular formula is C15H19NO4. The lowest BCUT2D eigenvalue weighted by Crippen LogP contribution is -2.34. The average molecular weight is 277 g/mol. The van der Waals surface area contributed by atoms with E-state index in [-0.39, 0.29) is 23.8 Å². The first-order valence-corrected chi connectivity index (χ1v) is 6.72. The van der Waals surface area contributed by atoms with Gasteiger partial charge in [0.1, 0.15) is 5.75 Å². The van der Waals surface area contributed by atoms with Gasteiger partial charge in [0, 0.05) is 13.1 Å². The predicted octanol–water partition coefficient (Wildman–Crippen LogP) is 1.89. The van der Waals surface area contributed by atoms with Gasteiger partial charge < -0.3 is 15.1 Å². The number of aliphatic carboxylic acids is 1. The highest BCUT2D eigenvalue weighted by atomic mass is 16.4. The van der Waals surface area contributed by atoms with Crippen LogP contribution in [0.3, 0.4) is 0 Å². The fourth-order valence-corrected chi connectivity index (χ4v) is 2.45. The second kappa shape index (κ2) is 5.15. The summed E-state index contributed by atoms with van der Waals surface area (Å²) in [6.45, 7) is 4.19. The molecule has 1 heterocycles. The van der Waals surface area contributed by atoms with Gasteiger partial charge in [-0.1, -0.05) is 13.0 Å². The van der Waals surface area contributed by atoms with E-state index in [9.17, 15) is 19.8 Å². The van der Waals surface area contributed by atoms with E-state index >= 15 is 0 Å². The molecule has 0 bridgehead atoms. The molecule has 2 N–H and O–H groups in total. The number of likely N-dealkylation sites (tertiary alicyclic amines) is 1. The van der Waals surface area contributed by atoms with E-state index in [1.165, 1.54) is 11.0 Å². The van der Waals surface area contributed by atoms with Crippen LogP contribution >= 0.6 is 0 Å². The summed E-state index contributed by atoms with van der Waals surface area (Å²) in [6, 6.07) is 4.96. The van der Waals surface area contributed by atoms with E-state index in [0.717, 1.165) is 12.0 Å². The fourth-order valence-electron chi connectivity index (χ4n) is 2.45. The van der Waals surface area contributed by atoms with Crippen LogP contribution in [-0.2, 0) is 11.2 Å². The molecule has 1 atom stereocenters. The van der Waals surface area contributed by atoms with Crippen molar-refractivity contribution in [2.24, 2.45) is 5.41 Å². The lowest BCUT2D eigenvalue weighted by Gasteiger charge is -2.20. The van der Waals surface area contributed by atoms with Crippen LogP contribution in [0.2, 0.25) is 0 Å². The quantitative estimate of drug-likeness (QED) is 0.884. The topological polar surface area (TPSA) is 77.8 Å². The smallest absolute Gasteiger partial charge is 0.311 e. The average Bonchev–Trinajstić information content (AvgIpc) is 2.83. The molecule has 1 aliphatic heterocycles. The summed E-state index contributed by atoms with van der Waals surface area (Å²) >= 11 is 0. The van der Waals surface area contributed by atoms with Crippen molar-refractivity contribution in [3.8, 4) is 5.75 Å². The molecule has 0 saturated carbocycles. The Balaban J connectivity index is 2.23. The summed E-state index contributed by atoms with van der Waals surface area (Å²) in [5.41, 5.74) is 0.318. The summed E-state index contributed by atoms with van der Waals surface area (Å²) < 4.78 is 0. The third-order valence-corrected chi connectivity index (χ3v) is 3.98. The predicted molar refractivity (Wildman–Crippen MR) is 73.7 cm³/mol. The molecule has 1 aliphatic rings. The Hall–Kier alpha value is -2.04. The van der Waals surface area contributed by atoms with Crippen molar-refractivity contribution in [1.82, 2.24) is 4.90 Å². The number of phenolic OH excluding ortho intramolecular Hbond substituents is 1. The number of rotatable bonds is 3. The van der Waals surface area contributed by atoms with Crippen molar-refractivity contribution in [3.05, 3.63) is 29.3 Å². The highest BCUT2D eigenvalue weighted by molar-refractivity contribution is 5.97. The molecular weight excluding hydrogens is 258 g/mol. The van der Waals surface area contributed by atoms with E-state index in [4.69, 9.17) is 0 Å². The van der Waals surface area contributed by atoms with Gasteiger partial charge >= 0.3 is 5.97 Å². The number of amides is 1. The summed E-state index contributed by atoms with van der Waals surface area (Å²) in [5, 5.41) is 19.0. The molecule has 5 heteroatoms. The van der Waals surface area contributed by atoms with Crippen LogP contribution < -0.4 is 0 Å². The minimum atomic E-state index is -0.895. The maximum atomic E-state index is 12.4. The summed E-state index contributed by atoms with van der Waals surface area (Å²) in [7, 11) is 0. The maximum absolute atomic E-state index is 12.4. The molecule has 1 aromatic rings. The lowest BCUT2D eigenvalue weighted by molar-refractivity contribution is -0.147. The van der Waals surface area contributed by atoms with Crippen LogP contribution in [0.5, 0.6) is 5.75 Å². The van der Waals surface area contributed by atoms with Gasteiger partial charge in [-0.2, -0.15) is 0 Å². The van der Waals surface area contributed by atoms with Crippen molar-refractivity contribution in [2.75, 3.05) is 13.1 Å². The van der Waals surface area contributed by atoms with Crippen LogP contribution in [-0.4, -0.2) is 40.1 Å². The van der Waals surface area contributed by atoms with Gasteiger partial charge in [-0.25, -0.2) is 0 Å². The van der Waals surface area contributed by atoms with E-state index in [2.05, 4.69) is 0 Å². The molecule has 0 spiro atoms. The first kappa shape index (κ1) is 14.4. The van der Waals surface area contributed by atoms with Crippen LogP contribution in [0, 0.1) is 5.41 Å². The van der Waals surface area contributed by atoms with Crippen molar-refractivity contribution in [1.29, 1.82) is 0 Å². The number of carboxylic acids is 1. The zero-order valence-corrected chi connectivity index (χ0v) is 11.7. The monoisotopic (exact) mass is 277 g/mol. The number of carbonyl (C=O) groups excluding carboxylic acids is 1. The van der Waals surface area contributed by atoms with E-state index < -0.39 is 11.4 Å². The lowest BCUT2D eigenvalue weighted by atomic mass is 9.90. The molecule has 108 valence electrons. The molecule has 1 aromatic carbocycles. The summed E-state index contributed by atoms with van der Waals surface area (Å²) in [6.07, 6.45) is 1.20. The number of phenols is 1. The van der Waals surface area contributed by atoms with Crippen LogP contribution in [0.15, 0.2) is 18.2 Å². The Morgan fingerprint density at radius 2 is 2.10 bits per heavy atom. The Labute approximate surface area is 117 Å². The molecule has 1 saturated heterocycles. The van der Waals surface area contributed by atoms with Gasteiger partial charge in [-0.3, -0.25) is 9.59 Å². The van der Waals surface area contributed by atoms with Crippen molar-refractivity contribution in [3.63, 3.8) is 0 Å². The Bertz CT molecular complexity index is 555.